The number of ether oxygens (including phenoxy) is 1. The molecule has 1 aromatic carbocycles. The summed E-state index contributed by atoms with van der Waals surface area (Å²) in [5.74, 6) is -0.220. The molecule has 2 nitrogen and oxygen atoms in total. The van der Waals surface area contributed by atoms with Crippen LogP contribution in [-0.4, -0.2) is 13.4 Å². The van der Waals surface area contributed by atoms with E-state index in [1.54, 1.807) is 0 Å². The SMILES string of the molecule is COc1ccc(C=O)c(F)c1Br. The van der Waals surface area contributed by atoms with Gasteiger partial charge in [0.05, 0.1) is 17.1 Å². The minimum atomic E-state index is -0.593. The predicted octanol–water partition coefficient (Wildman–Crippen LogP) is 2.41. The summed E-state index contributed by atoms with van der Waals surface area (Å²) in [6.07, 6.45) is 0.458. The molecule has 0 aliphatic heterocycles. The quantitative estimate of drug-likeness (QED) is 0.733. The van der Waals surface area contributed by atoms with E-state index >= 15 is 0 Å². The first-order valence-electron chi connectivity index (χ1n) is 3.18. The van der Waals surface area contributed by atoms with Crippen molar-refractivity contribution in [3.05, 3.63) is 28.0 Å². The van der Waals surface area contributed by atoms with Crippen LogP contribution in [0.25, 0.3) is 0 Å². The van der Waals surface area contributed by atoms with Crippen LogP contribution >= 0.6 is 15.9 Å². The second-order valence-electron chi connectivity index (χ2n) is 2.10. The van der Waals surface area contributed by atoms with Gasteiger partial charge in [-0.15, -0.1) is 0 Å². The summed E-state index contributed by atoms with van der Waals surface area (Å²) in [5.41, 5.74) is 0.0164. The van der Waals surface area contributed by atoms with Gasteiger partial charge in [0.15, 0.2) is 12.1 Å². The highest BCUT2D eigenvalue weighted by molar-refractivity contribution is 9.10. The maximum Gasteiger partial charge on any atom is 0.153 e. The molecule has 0 aliphatic carbocycles. The van der Waals surface area contributed by atoms with Gasteiger partial charge < -0.3 is 4.74 Å². The minimum Gasteiger partial charge on any atom is -0.495 e. The van der Waals surface area contributed by atoms with E-state index in [1.165, 1.54) is 19.2 Å². The Morgan fingerprint density at radius 3 is 2.75 bits per heavy atom. The van der Waals surface area contributed by atoms with Crippen molar-refractivity contribution in [1.29, 1.82) is 0 Å². The number of methoxy groups -OCH3 is 1. The molecule has 1 aromatic rings. The Hall–Kier alpha value is -0.900. The molecule has 12 heavy (non-hydrogen) atoms. The summed E-state index contributed by atoms with van der Waals surface area (Å²) in [5, 5.41) is 0. The number of aldehydes is 1. The van der Waals surface area contributed by atoms with Gasteiger partial charge in [-0.3, -0.25) is 4.79 Å². The van der Waals surface area contributed by atoms with E-state index in [-0.39, 0.29) is 10.0 Å². The first-order valence-corrected chi connectivity index (χ1v) is 3.97. The van der Waals surface area contributed by atoms with E-state index in [0.717, 1.165) is 0 Å². The Balaban J connectivity index is 3.29. The summed E-state index contributed by atoms with van der Waals surface area (Å²) in [6, 6.07) is 2.89. The van der Waals surface area contributed by atoms with Crippen molar-refractivity contribution in [2.75, 3.05) is 7.11 Å². The molecule has 0 radical (unpaired) electrons. The lowest BCUT2D eigenvalue weighted by Gasteiger charge is -2.04. The number of hydrogen-bond donors (Lipinski definition) is 0. The molecule has 0 unspecified atom stereocenters. The third kappa shape index (κ3) is 1.48. The largest absolute Gasteiger partial charge is 0.495 e. The smallest absolute Gasteiger partial charge is 0.153 e. The van der Waals surface area contributed by atoms with Gasteiger partial charge >= 0.3 is 0 Å². The van der Waals surface area contributed by atoms with Gasteiger partial charge in [0, 0.05) is 0 Å². The van der Waals surface area contributed by atoms with Crippen LogP contribution in [0.2, 0.25) is 0 Å². The molecule has 0 N–H and O–H groups in total. The molecule has 0 amide bonds. The Kier molecular flexibility index (Phi) is 2.81. The normalized spacial score (nSPS) is 9.58. The van der Waals surface area contributed by atoms with E-state index in [4.69, 9.17) is 4.74 Å². The van der Waals surface area contributed by atoms with Crippen LogP contribution < -0.4 is 4.74 Å². The van der Waals surface area contributed by atoms with Gasteiger partial charge in [-0.25, -0.2) is 4.39 Å². The number of rotatable bonds is 2. The van der Waals surface area contributed by atoms with E-state index in [2.05, 4.69) is 15.9 Å². The minimum absolute atomic E-state index is 0.0164. The second-order valence-corrected chi connectivity index (χ2v) is 2.90. The van der Waals surface area contributed by atoms with E-state index in [9.17, 15) is 9.18 Å². The summed E-state index contributed by atoms with van der Waals surface area (Å²) < 4.78 is 18.1. The summed E-state index contributed by atoms with van der Waals surface area (Å²) in [6.45, 7) is 0. The second kappa shape index (κ2) is 3.67. The molecular weight excluding hydrogens is 227 g/mol. The molecule has 1 rings (SSSR count). The van der Waals surface area contributed by atoms with Crippen LogP contribution in [-0.2, 0) is 0 Å². The van der Waals surface area contributed by atoms with Crippen LogP contribution in [0.4, 0.5) is 4.39 Å². The van der Waals surface area contributed by atoms with Crippen molar-refractivity contribution < 1.29 is 13.9 Å². The molecular formula is C8H6BrFO2. The molecule has 0 bridgehead atoms. The predicted molar refractivity (Wildman–Crippen MR) is 46.0 cm³/mol. The van der Waals surface area contributed by atoms with Crippen molar-refractivity contribution in [3.8, 4) is 5.75 Å². The number of carbonyl (C=O) groups is 1. The summed E-state index contributed by atoms with van der Waals surface area (Å²) >= 11 is 2.97. The fraction of sp³-hybridized carbons (Fsp3) is 0.125. The van der Waals surface area contributed by atoms with Crippen molar-refractivity contribution in [1.82, 2.24) is 0 Å². The fourth-order valence-corrected chi connectivity index (χ4v) is 1.32. The molecule has 0 spiro atoms. The number of hydrogen-bond acceptors (Lipinski definition) is 2. The van der Waals surface area contributed by atoms with Gasteiger partial charge in [0.25, 0.3) is 0 Å². The standard InChI is InChI=1S/C8H6BrFO2/c1-12-6-3-2-5(4-11)8(10)7(6)9/h2-4H,1H3. The average Bonchev–Trinajstić information content (AvgIpc) is 2.10. The van der Waals surface area contributed by atoms with Gasteiger partial charge in [0.2, 0.25) is 0 Å². The van der Waals surface area contributed by atoms with E-state index < -0.39 is 5.82 Å². The van der Waals surface area contributed by atoms with E-state index in [0.29, 0.717) is 12.0 Å². The Bertz CT molecular complexity index is 312. The Labute approximate surface area is 77.5 Å². The zero-order valence-electron chi connectivity index (χ0n) is 6.30. The molecule has 4 heteroatoms. The lowest BCUT2D eigenvalue weighted by atomic mass is 10.2. The molecule has 0 saturated carbocycles. The van der Waals surface area contributed by atoms with Crippen molar-refractivity contribution in [2.45, 2.75) is 0 Å². The fourth-order valence-electron chi connectivity index (χ4n) is 0.795. The molecule has 0 saturated heterocycles. The summed E-state index contributed by atoms with van der Waals surface area (Å²) in [4.78, 5) is 10.3. The highest BCUT2D eigenvalue weighted by Gasteiger charge is 2.10. The number of benzene rings is 1. The van der Waals surface area contributed by atoms with Crippen LogP contribution in [0, 0.1) is 5.82 Å². The maximum atomic E-state index is 13.1. The van der Waals surface area contributed by atoms with Crippen LogP contribution in [0.5, 0.6) is 5.75 Å². The summed E-state index contributed by atoms with van der Waals surface area (Å²) in [7, 11) is 1.43. The zero-order valence-corrected chi connectivity index (χ0v) is 7.89. The van der Waals surface area contributed by atoms with Gasteiger partial charge in [-0.05, 0) is 28.1 Å². The molecule has 0 fully saturated rings. The highest BCUT2D eigenvalue weighted by Crippen LogP contribution is 2.28. The van der Waals surface area contributed by atoms with Gasteiger partial charge in [0.1, 0.15) is 5.75 Å². The molecule has 0 aliphatic rings. The molecule has 64 valence electrons. The maximum absolute atomic E-state index is 13.1. The van der Waals surface area contributed by atoms with Crippen molar-refractivity contribution in [2.24, 2.45) is 0 Å². The van der Waals surface area contributed by atoms with E-state index in [1.807, 2.05) is 0 Å². The van der Waals surface area contributed by atoms with Crippen molar-refractivity contribution in [3.63, 3.8) is 0 Å². The Morgan fingerprint density at radius 1 is 1.58 bits per heavy atom. The van der Waals surface area contributed by atoms with Crippen LogP contribution in [0.3, 0.4) is 0 Å². The van der Waals surface area contributed by atoms with Crippen molar-refractivity contribution >= 4 is 22.2 Å². The third-order valence-corrected chi connectivity index (χ3v) is 2.16. The van der Waals surface area contributed by atoms with Gasteiger partial charge in [-0.2, -0.15) is 0 Å². The number of carbonyl (C=O) groups excluding carboxylic acids is 1. The third-order valence-electron chi connectivity index (χ3n) is 1.42. The zero-order chi connectivity index (χ0) is 9.14. The monoisotopic (exact) mass is 232 g/mol. The average molecular weight is 233 g/mol. The van der Waals surface area contributed by atoms with Crippen LogP contribution in [0.1, 0.15) is 10.4 Å². The molecule has 0 aromatic heterocycles. The Morgan fingerprint density at radius 2 is 2.25 bits per heavy atom. The molecule has 0 atom stereocenters. The topological polar surface area (TPSA) is 26.3 Å². The lowest BCUT2D eigenvalue weighted by Crippen LogP contribution is -1.92. The lowest BCUT2D eigenvalue weighted by molar-refractivity contribution is 0.111. The number of halogens is 2. The highest BCUT2D eigenvalue weighted by atomic mass is 79.9. The van der Waals surface area contributed by atoms with Crippen LogP contribution in [0.15, 0.2) is 16.6 Å². The first kappa shape index (κ1) is 9.19. The van der Waals surface area contributed by atoms with Gasteiger partial charge in [-0.1, -0.05) is 0 Å². The first-order chi connectivity index (χ1) is 5.70. The molecule has 0 heterocycles.